The number of ether oxygens (including phenoxy) is 1. The Labute approximate surface area is 152 Å². The van der Waals surface area contributed by atoms with E-state index in [-0.39, 0.29) is 5.91 Å². The highest BCUT2D eigenvalue weighted by molar-refractivity contribution is 6.03. The van der Waals surface area contributed by atoms with Gasteiger partial charge in [0.05, 0.1) is 7.11 Å². The molecule has 0 spiro atoms. The third-order valence-corrected chi connectivity index (χ3v) is 4.04. The van der Waals surface area contributed by atoms with E-state index in [2.05, 4.69) is 20.8 Å². The summed E-state index contributed by atoms with van der Waals surface area (Å²) in [5.41, 5.74) is 3.68. The third kappa shape index (κ3) is 4.16. The van der Waals surface area contributed by atoms with Gasteiger partial charge in [0.15, 0.2) is 11.6 Å². The number of nitrogens with zero attached hydrogens (tertiary/aromatic N) is 2. The topological polar surface area (TPSA) is 76.1 Å². The highest BCUT2D eigenvalue weighted by Crippen LogP contribution is 2.19. The predicted molar refractivity (Wildman–Crippen MR) is 102 cm³/mol. The zero-order chi connectivity index (χ0) is 18.5. The molecule has 0 bridgehead atoms. The first-order chi connectivity index (χ1) is 12.5. The first-order valence-electron chi connectivity index (χ1n) is 8.18. The molecule has 0 saturated heterocycles. The molecule has 1 heterocycles. The minimum atomic E-state index is -0.210. The first-order valence-corrected chi connectivity index (χ1v) is 8.18. The van der Waals surface area contributed by atoms with Crippen molar-refractivity contribution < 1.29 is 9.53 Å². The van der Waals surface area contributed by atoms with Crippen LogP contribution in [-0.2, 0) is 0 Å². The quantitative estimate of drug-likeness (QED) is 0.726. The van der Waals surface area contributed by atoms with Crippen molar-refractivity contribution in [2.45, 2.75) is 13.8 Å². The van der Waals surface area contributed by atoms with Gasteiger partial charge in [-0.25, -0.2) is 0 Å². The van der Waals surface area contributed by atoms with Gasteiger partial charge in [0, 0.05) is 11.3 Å². The lowest BCUT2D eigenvalue weighted by Crippen LogP contribution is -2.13. The summed E-state index contributed by atoms with van der Waals surface area (Å²) in [5, 5.41) is 14.0. The fraction of sp³-hybridized carbons (Fsp3) is 0.150. The van der Waals surface area contributed by atoms with Gasteiger partial charge in [-0.05, 0) is 73.5 Å². The SMILES string of the molecule is COc1ccc(Nc2ccc(NC(=O)c3ccc(C)c(C)c3)nn2)cc1. The van der Waals surface area contributed by atoms with Crippen molar-refractivity contribution in [1.29, 1.82) is 0 Å². The van der Waals surface area contributed by atoms with E-state index in [1.54, 1.807) is 25.3 Å². The van der Waals surface area contributed by atoms with Crippen LogP contribution in [0.1, 0.15) is 21.5 Å². The molecule has 0 saturated carbocycles. The van der Waals surface area contributed by atoms with Crippen LogP contribution in [0.3, 0.4) is 0 Å². The molecule has 26 heavy (non-hydrogen) atoms. The molecule has 3 rings (SSSR count). The van der Waals surface area contributed by atoms with Crippen LogP contribution in [0.2, 0.25) is 0 Å². The fourth-order valence-electron chi connectivity index (χ4n) is 2.36. The molecule has 0 aliphatic heterocycles. The van der Waals surface area contributed by atoms with Crippen LogP contribution in [-0.4, -0.2) is 23.2 Å². The highest BCUT2D eigenvalue weighted by Gasteiger charge is 2.08. The van der Waals surface area contributed by atoms with E-state index in [9.17, 15) is 4.79 Å². The molecule has 0 fully saturated rings. The summed E-state index contributed by atoms with van der Waals surface area (Å²) in [6.45, 7) is 3.99. The predicted octanol–water partition coefficient (Wildman–Crippen LogP) is 4.10. The number of benzene rings is 2. The van der Waals surface area contributed by atoms with E-state index >= 15 is 0 Å². The number of amides is 1. The number of nitrogens with one attached hydrogen (secondary N) is 2. The molecule has 132 valence electrons. The van der Waals surface area contributed by atoms with Crippen molar-refractivity contribution in [3.05, 3.63) is 71.3 Å². The molecule has 0 atom stereocenters. The van der Waals surface area contributed by atoms with Crippen LogP contribution in [0.15, 0.2) is 54.6 Å². The van der Waals surface area contributed by atoms with Gasteiger partial charge in [0.2, 0.25) is 0 Å². The van der Waals surface area contributed by atoms with Gasteiger partial charge in [0.25, 0.3) is 5.91 Å². The van der Waals surface area contributed by atoms with E-state index < -0.39 is 0 Å². The molecule has 3 aromatic rings. The molecular weight excluding hydrogens is 328 g/mol. The maximum atomic E-state index is 12.3. The number of anilines is 3. The smallest absolute Gasteiger partial charge is 0.256 e. The lowest BCUT2D eigenvalue weighted by molar-refractivity contribution is 0.102. The molecule has 0 radical (unpaired) electrons. The number of methoxy groups -OCH3 is 1. The number of hydrogen-bond acceptors (Lipinski definition) is 5. The largest absolute Gasteiger partial charge is 0.497 e. The number of carbonyl (C=O) groups is 1. The Balaban J connectivity index is 1.65. The van der Waals surface area contributed by atoms with Crippen molar-refractivity contribution in [3.8, 4) is 5.75 Å². The van der Waals surface area contributed by atoms with E-state index in [4.69, 9.17) is 4.74 Å². The van der Waals surface area contributed by atoms with Crippen molar-refractivity contribution >= 4 is 23.2 Å². The third-order valence-electron chi connectivity index (χ3n) is 4.04. The average molecular weight is 348 g/mol. The van der Waals surface area contributed by atoms with Crippen molar-refractivity contribution in [2.75, 3.05) is 17.7 Å². The highest BCUT2D eigenvalue weighted by atomic mass is 16.5. The molecule has 1 aromatic heterocycles. The number of hydrogen-bond donors (Lipinski definition) is 2. The van der Waals surface area contributed by atoms with Crippen molar-refractivity contribution in [3.63, 3.8) is 0 Å². The second-order valence-electron chi connectivity index (χ2n) is 5.91. The Kier molecular flexibility index (Phi) is 5.12. The van der Waals surface area contributed by atoms with Crippen LogP contribution >= 0.6 is 0 Å². The molecule has 0 unspecified atom stereocenters. The maximum absolute atomic E-state index is 12.3. The molecule has 0 aliphatic rings. The van der Waals surface area contributed by atoms with Gasteiger partial charge >= 0.3 is 0 Å². The summed E-state index contributed by atoms with van der Waals surface area (Å²) in [6, 6.07) is 16.5. The standard InChI is InChI=1S/C20H20N4O2/c1-13-4-5-15(12-14(13)2)20(25)22-19-11-10-18(23-24-19)21-16-6-8-17(26-3)9-7-16/h4-12H,1-3H3,(H,21,23)(H,22,24,25). The van der Waals surface area contributed by atoms with Gasteiger partial charge in [-0.15, -0.1) is 10.2 Å². The van der Waals surface area contributed by atoms with Crippen LogP contribution in [0.4, 0.5) is 17.3 Å². The zero-order valence-corrected chi connectivity index (χ0v) is 14.9. The normalized spacial score (nSPS) is 10.3. The van der Waals surface area contributed by atoms with Crippen molar-refractivity contribution in [2.24, 2.45) is 0 Å². The summed E-state index contributed by atoms with van der Waals surface area (Å²) in [4.78, 5) is 12.3. The Hall–Kier alpha value is -3.41. The average Bonchev–Trinajstić information content (AvgIpc) is 2.66. The molecule has 0 aliphatic carbocycles. The fourth-order valence-corrected chi connectivity index (χ4v) is 2.36. The number of rotatable bonds is 5. The summed E-state index contributed by atoms with van der Waals surface area (Å²) < 4.78 is 5.13. The Bertz CT molecular complexity index is 906. The molecule has 6 heteroatoms. The monoisotopic (exact) mass is 348 g/mol. The summed E-state index contributed by atoms with van der Waals surface area (Å²) in [7, 11) is 1.62. The Morgan fingerprint density at radius 1 is 0.885 bits per heavy atom. The van der Waals surface area contributed by atoms with Crippen LogP contribution in [0.25, 0.3) is 0 Å². The van der Waals surface area contributed by atoms with Crippen LogP contribution in [0, 0.1) is 13.8 Å². The van der Waals surface area contributed by atoms with Gasteiger partial charge in [-0.3, -0.25) is 4.79 Å². The van der Waals surface area contributed by atoms with Gasteiger partial charge in [-0.1, -0.05) is 6.07 Å². The zero-order valence-electron chi connectivity index (χ0n) is 14.9. The number of aromatic nitrogens is 2. The van der Waals surface area contributed by atoms with Crippen LogP contribution < -0.4 is 15.4 Å². The van der Waals surface area contributed by atoms with Crippen LogP contribution in [0.5, 0.6) is 5.75 Å². The summed E-state index contributed by atoms with van der Waals surface area (Å²) in [6.07, 6.45) is 0. The lowest BCUT2D eigenvalue weighted by Gasteiger charge is -2.08. The second-order valence-corrected chi connectivity index (χ2v) is 5.91. The van der Waals surface area contributed by atoms with Gasteiger partial charge in [-0.2, -0.15) is 0 Å². The maximum Gasteiger partial charge on any atom is 0.256 e. The molecule has 1 amide bonds. The minimum absolute atomic E-state index is 0.210. The molecular formula is C20H20N4O2. The number of carbonyl (C=O) groups excluding carboxylic acids is 1. The van der Waals surface area contributed by atoms with E-state index in [1.165, 1.54) is 0 Å². The van der Waals surface area contributed by atoms with E-state index in [1.807, 2.05) is 50.2 Å². The van der Waals surface area contributed by atoms with Gasteiger partial charge < -0.3 is 15.4 Å². The molecule has 2 aromatic carbocycles. The first kappa shape index (κ1) is 17.4. The second kappa shape index (κ2) is 7.65. The van der Waals surface area contributed by atoms with Crippen molar-refractivity contribution in [1.82, 2.24) is 10.2 Å². The van der Waals surface area contributed by atoms with E-state index in [0.29, 0.717) is 17.2 Å². The van der Waals surface area contributed by atoms with Gasteiger partial charge in [0.1, 0.15) is 5.75 Å². The summed E-state index contributed by atoms with van der Waals surface area (Å²) >= 11 is 0. The molecule has 6 nitrogen and oxygen atoms in total. The lowest BCUT2D eigenvalue weighted by atomic mass is 10.1. The minimum Gasteiger partial charge on any atom is -0.497 e. The number of aryl methyl sites for hydroxylation is 2. The molecule has 2 N–H and O–H groups in total. The van der Waals surface area contributed by atoms with E-state index in [0.717, 1.165) is 22.6 Å². The Morgan fingerprint density at radius 2 is 1.58 bits per heavy atom. The Morgan fingerprint density at radius 3 is 2.19 bits per heavy atom. The summed E-state index contributed by atoms with van der Waals surface area (Å²) in [5.74, 6) is 1.55.